The van der Waals surface area contributed by atoms with Gasteiger partial charge in [0.15, 0.2) is 0 Å². The number of hydrogen-bond donors (Lipinski definition) is 1. The molecule has 0 amide bonds. The second-order valence-corrected chi connectivity index (χ2v) is 5.49. The van der Waals surface area contributed by atoms with Gasteiger partial charge in [0, 0.05) is 33.2 Å². The van der Waals surface area contributed by atoms with Crippen molar-refractivity contribution in [3.05, 3.63) is 0 Å². The highest BCUT2D eigenvalue weighted by molar-refractivity contribution is 5.45. The first-order chi connectivity index (χ1) is 10.3. The molecule has 1 N–H and O–H groups in total. The number of nitrogens with one attached hydrogen (secondary N) is 1. The second kappa shape index (κ2) is 8.00. The van der Waals surface area contributed by atoms with Gasteiger partial charge in [-0.3, -0.25) is 0 Å². The fraction of sp³-hybridized carbons (Fsp3) is 0.800. The molecule has 0 radical (unpaired) electrons. The van der Waals surface area contributed by atoms with Gasteiger partial charge in [-0.15, -0.1) is 0 Å². The lowest BCUT2D eigenvalue weighted by atomic mass is 10.1. The van der Waals surface area contributed by atoms with Crippen molar-refractivity contribution >= 4 is 17.8 Å². The monoisotopic (exact) mass is 292 g/mol. The molecule has 21 heavy (non-hydrogen) atoms. The number of unbranched alkanes of at least 4 members (excludes halogenated alkanes) is 1. The zero-order chi connectivity index (χ0) is 15.1. The Bertz CT molecular complexity index is 430. The molecule has 6 nitrogen and oxygen atoms in total. The van der Waals surface area contributed by atoms with E-state index in [4.69, 9.17) is 4.98 Å². The smallest absolute Gasteiger partial charge is 0.231 e. The zero-order valence-electron chi connectivity index (χ0n) is 13.6. The average molecular weight is 292 g/mol. The Hall–Kier alpha value is -1.59. The molecule has 1 aliphatic heterocycles. The Morgan fingerprint density at radius 1 is 1.10 bits per heavy atom. The Kier molecular flexibility index (Phi) is 6.02. The number of piperidine rings is 1. The lowest BCUT2D eigenvalue weighted by Gasteiger charge is -2.28. The zero-order valence-corrected chi connectivity index (χ0v) is 13.6. The quantitative estimate of drug-likeness (QED) is 0.833. The van der Waals surface area contributed by atoms with Crippen LogP contribution in [0, 0.1) is 0 Å². The fourth-order valence-corrected chi connectivity index (χ4v) is 2.59. The predicted molar refractivity (Wildman–Crippen MR) is 88.2 cm³/mol. The van der Waals surface area contributed by atoms with E-state index in [-0.39, 0.29) is 0 Å². The topological polar surface area (TPSA) is 57.2 Å². The van der Waals surface area contributed by atoms with Crippen molar-refractivity contribution in [2.75, 3.05) is 48.3 Å². The van der Waals surface area contributed by atoms with Crippen molar-refractivity contribution in [1.82, 2.24) is 15.0 Å². The van der Waals surface area contributed by atoms with Gasteiger partial charge in [-0.05, 0) is 32.6 Å². The van der Waals surface area contributed by atoms with Gasteiger partial charge in [0.05, 0.1) is 0 Å². The average Bonchev–Trinajstić information content (AvgIpc) is 2.56. The summed E-state index contributed by atoms with van der Waals surface area (Å²) in [5.41, 5.74) is 0. The van der Waals surface area contributed by atoms with Gasteiger partial charge in [0.25, 0.3) is 0 Å². The number of rotatable bonds is 7. The minimum Gasteiger partial charge on any atom is -0.357 e. The van der Waals surface area contributed by atoms with Gasteiger partial charge in [0.2, 0.25) is 17.8 Å². The van der Waals surface area contributed by atoms with Crippen LogP contribution in [0.5, 0.6) is 0 Å². The van der Waals surface area contributed by atoms with Crippen LogP contribution in [0.25, 0.3) is 0 Å². The summed E-state index contributed by atoms with van der Waals surface area (Å²) in [6.07, 6.45) is 6.10. The van der Waals surface area contributed by atoms with Crippen LogP contribution in [-0.4, -0.2) is 48.2 Å². The molecule has 0 saturated carbocycles. The maximum absolute atomic E-state index is 4.72. The minimum atomic E-state index is 0.663. The van der Waals surface area contributed by atoms with Crippen LogP contribution in [0.1, 0.15) is 46.0 Å². The van der Waals surface area contributed by atoms with E-state index in [0.29, 0.717) is 5.95 Å². The number of hydrogen-bond acceptors (Lipinski definition) is 6. The lowest BCUT2D eigenvalue weighted by Crippen LogP contribution is -2.33. The standard InChI is InChI=1S/C15H28N6/c1-4-6-10-20(5-2)14-17-13(16-3)18-15(19-14)21-11-8-7-9-12-21/h4-12H2,1-3H3,(H,16,17,18,19). The number of anilines is 3. The first-order valence-corrected chi connectivity index (χ1v) is 8.22. The summed E-state index contributed by atoms with van der Waals surface area (Å²) in [4.78, 5) is 18.3. The van der Waals surface area contributed by atoms with Crippen LogP contribution < -0.4 is 15.1 Å². The van der Waals surface area contributed by atoms with Gasteiger partial charge in [0.1, 0.15) is 0 Å². The van der Waals surface area contributed by atoms with Crippen molar-refractivity contribution in [2.24, 2.45) is 0 Å². The Balaban J connectivity index is 2.23. The third-order valence-corrected chi connectivity index (χ3v) is 3.92. The molecule has 1 saturated heterocycles. The summed E-state index contributed by atoms with van der Waals surface area (Å²) >= 11 is 0. The molecule has 6 heteroatoms. The van der Waals surface area contributed by atoms with Gasteiger partial charge in [-0.2, -0.15) is 15.0 Å². The summed E-state index contributed by atoms with van der Waals surface area (Å²) in [6.45, 7) is 8.38. The summed E-state index contributed by atoms with van der Waals surface area (Å²) in [5, 5.41) is 3.07. The number of nitrogens with zero attached hydrogens (tertiary/aromatic N) is 5. The van der Waals surface area contributed by atoms with E-state index >= 15 is 0 Å². The summed E-state index contributed by atoms with van der Waals surface area (Å²) in [5.74, 6) is 2.28. The van der Waals surface area contributed by atoms with Gasteiger partial charge >= 0.3 is 0 Å². The molecule has 1 aromatic heterocycles. The van der Waals surface area contributed by atoms with Crippen LogP contribution in [0.4, 0.5) is 17.8 Å². The Labute approximate surface area is 128 Å². The van der Waals surface area contributed by atoms with E-state index in [1.807, 2.05) is 7.05 Å². The van der Waals surface area contributed by atoms with Crippen LogP contribution in [0.2, 0.25) is 0 Å². The van der Waals surface area contributed by atoms with Crippen LogP contribution >= 0.6 is 0 Å². The van der Waals surface area contributed by atoms with Crippen molar-refractivity contribution in [3.8, 4) is 0 Å². The first-order valence-electron chi connectivity index (χ1n) is 8.22. The molecule has 0 aromatic carbocycles. The minimum absolute atomic E-state index is 0.663. The molecule has 1 aromatic rings. The fourth-order valence-electron chi connectivity index (χ4n) is 2.59. The summed E-state index contributed by atoms with van der Waals surface area (Å²) < 4.78 is 0. The molecule has 0 spiro atoms. The second-order valence-electron chi connectivity index (χ2n) is 5.49. The van der Waals surface area contributed by atoms with Crippen LogP contribution in [-0.2, 0) is 0 Å². The Morgan fingerprint density at radius 3 is 2.48 bits per heavy atom. The molecular weight excluding hydrogens is 264 g/mol. The highest BCUT2D eigenvalue weighted by Crippen LogP contribution is 2.20. The molecule has 0 bridgehead atoms. The maximum Gasteiger partial charge on any atom is 0.231 e. The van der Waals surface area contributed by atoms with E-state index in [0.717, 1.165) is 44.5 Å². The van der Waals surface area contributed by atoms with Crippen molar-refractivity contribution < 1.29 is 0 Å². The lowest BCUT2D eigenvalue weighted by molar-refractivity contribution is 0.567. The molecule has 0 aliphatic carbocycles. The first kappa shape index (κ1) is 15.8. The van der Waals surface area contributed by atoms with Gasteiger partial charge in [-0.1, -0.05) is 13.3 Å². The van der Waals surface area contributed by atoms with Crippen molar-refractivity contribution in [3.63, 3.8) is 0 Å². The molecule has 2 heterocycles. The van der Waals surface area contributed by atoms with Crippen LogP contribution in [0.15, 0.2) is 0 Å². The van der Waals surface area contributed by atoms with E-state index in [9.17, 15) is 0 Å². The molecular formula is C15H28N6. The normalized spacial score (nSPS) is 15.1. The van der Waals surface area contributed by atoms with Gasteiger partial charge in [-0.25, -0.2) is 0 Å². The largest absolute Gasteiger partial charge is 0.357 e. The number of aromatic nitrogens is 3. The van der Waals surface area contributed by atoms with Crippen LogP contribution in [0.3, 0.4) is 0 Å². The molecule has 2 rings (SSSR count). The molecule has 118 valence electrons. The third-order valence-electron chi connectivity index (χ3n) is 3.92. The molecule has 0 atom stereocenters. The van der Waals surface area contributed by atoms with E-state index in [2.05, 4.69) is 38.9 Å². The Morgan fingerprint density at radius 2 is 1.86 bits per heavy atom. The summed E-state index contributed by atoms with van der Waals surface area (Å²) in [6, 6.07) is 0. The third kappa shape index (κ3) is 4.19. The molecule has 0 unspecified atom stereocenters. The van der Waals surface area contributed by atoms with E-state index in [1.54, 1.807) is 0 Å². The van der Waals surface area contributed by atoms with Gasteiger partial charge < -0.3 is 15.1 Å². The van der Waals surface area contributed by atoms with E-state index in [1.165, 1.54) is 25.7 Å². The highest BCUT2D eigenvalue weighted by atomic mass is 15.4. The van der Waals surface area contributed by atoms with Crippen molar-refractivity contribution in [2.45, 2.75) is 46.0 Å². The molecule has 1 fully saturated rings. The van der Waals surface area contributed by atoms with Crippen molar-refractivity contribution in [1.29, 1.82) is 0 Å². The molecule has 1 aliphatic rings. The summed E-state index contributed by atoms with van der Waals surface area (Å²) in [7, 11) is 1.86. The SMILES string of the molecule is CCCCN(CC)c1nc(NC)nc(N2CCCCC2)n1. The highest BCUT2D eigenvalue weighted by Gasteiger charge is 2.17. The predicted octanol–water partition coefficient (Wildman–Crippen LogP) is 2.53. The van der Waals surface area contributed by atoms with E-state index < -0.39 is 0 Å². The maximum atomic E-state index is 4.72.